The van der Waals surface area contributed by atoms with Crippen LogP contribution in [-0.2, 0) is 0 Å². The number of rotatable bonds is 4. The lowest BCUT2D eigenvalue weighted by atomic mass is 10.1. The third-order valence-corrected chi connectivity index (χ3v) is 4.45. The molecule has 0 radical (unpaired) electrons. The summed E-state index contributed by atoms with van der Waals surface area (Å²) in [7, 11) is 0. The van der Waals surface area contributed by atoms with Crippen molar-refractivity contribution in [3.8, 4) is 0 Å². The zero-order chi connectivity index (χ0) is 15.7. The summed E-state index contributed by atoms with van der Waals surface area (Å²) in [5.41, 5.74) is 3.37. The summed E-state index contributed by atoms with van der Waals surface area (Å²) in [4.78, 5) is 12.3. The summed E-state index contributed by atoms with van der Waals surface area (Å²) in [6, 6.07) is 7.69. The molecule has 3 aromatic rings. The Balaban J connectivity index is 1.78. The molecule has 114 valence electrons. The number of para-hydroxylation sites is 1. The Morgan fingerprint density at radius 2 is 2.18 bits per heavy atom. The molecule has 2 aromatic heterocycles. The number of carbonyl (C=O) groups excluding carboxylic acids is 1. The molecule has 2 N–H and O–H groups in total. The van der Waals surface area contributed by atoms with Gasteiger partial charge in [-0.1, -0.05) is 18.2 Å². The molecular weight excluding hydrogens is 298 g/mol. The third-order valence-electron chi connectivity index (χ3n) is 3.75. The van der Waals surface area contributed by atoms with Crippen LogP contribution in [0.15, 0.2) is 39.4 Å². The van der Waals surface area contributed by atoms with E-state index in [1.165, 1.54) is 11.3 Å². The average Bonchev–Trinajstić information content (AvgIpc) is 3.14. The number of aliphatic hydroxyl groups is 1. The van der Waals surface area contributed by atoms with Crippen LogP contribution in [0.25, 0.3) is 11.0 Å². The topological polar surface area (TPSA) is 62.5 Å². The monoisotopic (exact) mass is 315 g/mol. The molecule has 0 fully saturated rings. The van der Waals surface area contributed by atoms with Gasteiger partial charge in [0.2, 0.25) is 0 Å². The summed E-state index contributed by atoms with van der Waals surface area (Å²) in [6.45, 7) is 3.98. The number of fused-ring (bicyclic) bond motifs is 1. The molecule has 5 heteroatoms. The van der Waals surface area contributed by atoms with Crippen LogP contribution in [0.5, 0.6) is 0 Å². The second-order valence-electron chi connectivity index (χ2n) is 5.29. The molecule has 0 aliphatic rings. The highest BCUT2D eigenvalue weighted by atomic mass is 32.1. The minimum atomic E-state index is -0.707. The van der Waals surface area contributed by atoms with Gasteiger partial charge in [-0.05, 0) is 41.8 Å². The number of aliphatic hydroxyl groups excluding tert-OH is 1. The van der Waals surface area contributed by atoms with E-state index in [4.69, 9.17) is 4.42 Å². The van der Waals surface area contributed by atoms with Gasteiger partial charge in [-0.25, -0.2) is 0 Å². The quantitative estimate of drug-likeness (QED) is 0.773. The highest BCUT2D eigenvalue weighted by Crippen LogP contribution is 2.27. The molecule has 0 spiro atoms. The SMILES string of the molecule is Cc1c(C(=O)NCC(O)c2ccsc2)oc2c(C)cccc12. The Labute approximate surface area is 132 Å². The summed E-state index contributed by atoms with van der Waals surface area (Å²) in [6.07, 6.45) is -0.707. The van der Waals surface area contributed by atoms with E-state index in [1.54, 1.807) is 0 Å². The molecule has 22 heavy (non-hydrogen) atoms. The normalized spacial score (nSPS) is 12.5. The van der Waals surface area contributed by atoms with Gasteiger partial charge in [0.25, 0.3) is 5.91 Å². The van der Waals surface area contributed by atoms with Crippen molar-refractivity contribution in [1.82, 2.24) is 5.32 Å². The van der Waals surface area contributed by atoms with Gasteiger partial charge in [0.05, 0.1) is 6.10 Å². The Morgan fingerprint density at radius 3 is 2.86 bits per heavy atom. The predicted molar refractivity (Wildman–Crippen MR) is 87.3 cm³/mol. The molecule has 4 nitrogen and oxygen atoms in total. The maximum Gasteiger partial charge on any atom is 0.287 e. The standard InChI is InChI=1S/C17H17NO3S/c1-10-4-3-5-13-11(2)16(21-15(10)13)17(20)18-8-14(19)12-6-7-22-9-12/h3-7,9,14,19H,8H2,1-2H3,(H,18,20). The lowest BCUT2D eigenvalue weighted by molar-refractivity contribution is 0.0890. The Bertz CT molecular complexity index is 805. The first-order valence-electron chi connectivity index (χ1n) is 7.05. The summed E-state index contributed by atoms with van der Waals surface area (Å²) < 4.78 is 5.72. The lowest BCUT2D eigenvalue weighted by Crippen LogP contribution is -2.28. The van der Waals surface area contributed by atoms with E-state index in [0.717, 1.165) is 27.7 Å². The fourth-order valence-corrected chi connectivity index (χ4v) is 3.16. The maximum absolute atomic E-state index is 12.3. The van der Waals surface area contributed by atoms with Crippen LogP contribution in [0, 0.1) is 13.8 Å². The van der Waals surface area contributed by atoms with Crippen molar-refractivity contribution in [1.29, 1.82) is 0 Å². The van der Waals surface area contributed by atoms with Crippen LogP contribution in [0.2, 0.25) is 0 Å². The summed E-state index contributed by atoms with van der Waals surface area (Å²) in [5, 5.41) is 17.5. The average molecular weight is 315 g/mol. The van der Waals surface area contributed by atoms with E-state index in [0.29, 0.717) is 5.76 Å². The second kappa shape index (κ2) is 5.94. The van der Waals surface area contributed by atoms with Crippen molar-refractivity contribution in [2.45, 2.75) is 20.0 Å². The molecular formula is C17H17NO3S. The summed E-state index contributed by atoms with van der Waals surface area (Å²) in [5.74, 6) is 0.00389. The minimum absolute atomic E-state index is 0.158. The summed E-state index contributed by atoms with van der Waals surface area (Å²) >= 11 is 1.51. The fourth-order valence-electron chi connectivity index (χ4n) is 2.45. The van der Waals surface area contributed by atoms with Gasteiger partial charge in [-0.15, -0.1) is 0 Å². The largest absolute Gasteiger partial charge is 0.450 e. The van der Waals surface area contributed by atoms with Crippen molar-refractivity contribution < 1.29 is 14.3 Å². The number of hydrogen-bond donors (Lipinski definition) is 2. The Kier molecular flexibility index (Phi) is 4.00. The number of hydrogen-bond acceptors (Lipinski definition) is 4. The Morgan fingerprint density at radius 1 is 1.36 bits per heavy atom. The first-order chi connectivity index (χ1) is 10.6. The smallest absolute Gasteiger partial charge is 0.287 e. The number of benzene rings is 1. The van der Waals surface area contributed by atoms with Crippen LogP contribution in [0.3, 0.4) is 0 Å². The highest BCUT2D eigenvalue weighted by molar-refractivity contribution is 7.07. The maximum atomic E-state index is 12.3. The molecule has 1 unspecified atom stereocenters. The van der Waals surface area contributed by atoms with Gasteiger partial charge in [-0.2, -0.15) is 11.3 Å². The molecule has 1 atom stereocenters. The van der Waals surface area contributed by atoms with Crippen LogP contribution in [0.1, 0.15) is 33.3 Å². The van der Waals surface area contributed by atoms with Crippen molar-refractivity contribution in [2.75, 3.05) is 6.54 Å². The first kappa shape index (κ1) is 14.8. The Hall–Kier alpha value is -2.11. The zero-order valence-corrected chi connectivity index (χ0v) is 13.2. The second-order valence-corrected chi connectivity index (χ2v) is 6.07. The zero-order valence-electron chi connectivity index (χ0n) is 12.4. The van der Waals surface area contributed by atoms with Crippen LogP contribution in [-0.4, -0.2) is 17.6 Å². The predicted octanol–water partition coefficient (Wildman–Crippen LogP) is 3.57. The molecule has 0 bridgehead atoms. The van der Waals surface area contributed by atoms with Crippen molar-refractivity contribution >= 4 is 28.2 Å². The van der Waals surface area contributed by atoms with Crippen LogP contribution < -0.4 is 5.32 Å². The number of thiophene rings is 1. The van der Waals surface area contributed by atoms with Gasteiger partial charge in [0.15, 0.2) is 5.76 Å². The number of aryl methyl sites for hydroxylation is 2. The first-order valence-corrected chi connectivity index (χ1v) is 7.99. The molecule has 2 heterocycles. The molecule has 0 saturated carbocycles. The number of carbonyl (C=O) groups is 1. The van der Waals surface area contributed by atoms with E-state index in [1.807, 2.05) is 48.9 Å². The number of nitrogens with one attached hydrogen (secondary N) is 1. The van der Waals surface area contributed by atoms with Gasteiger partial charge in [-0.3, -0.25) is 4.79 Å². The van der Waals surface area contributed by atoms with Crippen molar-refractivity contribution in [3.63, 3.8) is 0 Å². The van der Waals surface area contributed by atoms with Gasteiger partial charge in [0, 0.05) is 17.5 Å². The van der Waals surface area contributed by atoms with E-state index in [-0.39, 0.29) is 12.5 Å². The van der Waals surface area contributed by atoms with Gasteiger partial charge >= 0.3 is 0 Å². The van der Waals surface area contributed by atoms with Crippen molar-refractivity contribution in [3.05, 3.63) is 57.5 Å². The van der Waals surface area contributed by atoms with E-state index in [2.05, 4.69) is 5.32 Å². The van der Waals surface area contributed by atoms with Crippen LogP contribution >= 0.6 is 11.3 Å². The van der Waals surface area contributed by atoms with E-state index >= 15 is 0 Å². The fraction of sp³-hybridized carbons (Fsp3) is 0.235. The van der Waals surface area contributed by atoms with E-state index < -0.39 is 6.10 Å². The van der Waals surface area contributed by atoms with Gasteiger partial charge in [0.1, 0.15) is 5.58 Å². The molecule has 0 saturated heterocycles. The van der Waals surface area contributed by atoms with Gasteiger partial charge < -0.3 is 14.8 Å². The van der Waals surface area contributed by atoms with Crippen LogP contribution in [0.4, 0.5) is 0 Å². The third kappa shape index (κ3) is 2.65. The minimum Gasteiger partial charge on any atom is -0.450 e. The van der Waals surface area contributed by atoms with E-state index in [9.17, 15) is 9.90 Å². The lowest BCUT2D eigenvalue weighted by Gasteiger charge is -2.09. The van der Waals surface area contributed by atoms with Crippen molar-refractivity contribution in [2.24, 2.45) is 0 Å². The number of amides is 1. The molecule has 1 amide bonds. The molecule has 1 aromatic carbocycles. The molecule has 0 aliphatic heterocycles. The molecule has 3 rings (SSSR count). The highest BCUT2D eigenvalue weighted by Gasteiger charge is 2.19. The number of furan rings is 1. The molecule has 0 aliphatic carbocycles.